The average molecular weight is 574 g/mol. The lowest BCUT2D eigenvalue weighted by molar-refractivity contribution is -0.0275. The van der Waals surface area contributed by atoms with Crippen LogP contribution in [0.15, 0.2) is 54.6 Å². The van der Waals surface area contributed by atoms with E-state index >= 15 is 0 Å². The SMILES string of the molecule is CC(C)(C)OC(=O)NC1(CCc2ccc(C(=O)CCCCc3ccccc3)cc2)COP(=O)(OC(C)(C)C)OC1. The maximum atomic E-state index is 13.0. The molecule has 0 atom stereocenters. The van der Waals surface area contributed by atoms with E-state index in [0.717, 1.165) is 24.8 Å². The number of ether oxygens (including phenoxy) is 1. The summed E-state index contributed by atoms with van der Waals surface area (Å²) in [6.07, 6.45) is 3.70. The van der Waals surface area contributed by atoms with Gasteiger partial charge in [0, 0.05) is 12.0 Å². The Hall–Kier alpha value is -2.51. The number of rotatable bonds is 11. The van der Waals surface area contributed by atoms with E-state index in [1.807, 2.05) is 42.5 Å². The standard InChI is InChI=1S/C31H44NO7P/c1-29(2,3)38-28(34)32-31(22-36-40(35,37-23-31)39-30(4,5)6)21-20-25-16-18-26(19-17-25)27(33)15-11-10-14-24-12-8-7-9-13-24/h7-9,12-13,16-19H,10-11,14-15,20-23H2,1-6H3,(H,32,34). The first-order chi connectivity index (χ1) is 18.7. The molecule has 1 fully saturated rings. The highest BCUT2D eigenvalue weighted by Gasteiger charge is 2.46. The molecule has 3 rings (SSSR count). The zero-order valence-corrected chi connectivity index (χ0v) is 25.6. The highest BCUT2D eigenvalue weighted by molar-refractivity contribution is 7.48. The van der Waals surface area contributed by atoms with Gasteiger partial charge in [0.25, 0.3) is 0 Å². The highest BCUT2D eigenvalue weighted by Crippen LogP contribution is 2.56. The van der Waals surface area contributed by atoms with Gasteiger partial charge in [0.2, 0.25) is 0 Å². The number of phosphoric acid groups is 1. The lowest BCUT2D eigenvalue weighted by atomic mass is 9.92. The summed E-state index contributed by atoms with van der Waals surface area (Å²) < 4.78 is 35.1. The fourth-order valence-corrected chi connectivity index (χ4v) is 5.98. The molecular formula is C31H44NO7P. The van der Waals surface area contributed by atoms with Crippen LogP contribution in [0.1, 0.15) is 88.7 Å². The summed E-state index contributed by atoms with van der Waals surface area (Å²) in [4.78, 5) is 25.3. The molecule has 1 amide bonds. The number of unbranched alkanes of at least 4 members (excludes halogenated alkanes) is 1. The highest BCUT2D eigenvalue weighted by atomic mass is 31.2. The number of aryl methyl sites for hydroxylation is 2. The van der Waals surface area contributed by atoms with Crippen molar-refractivity contribution in [3.05, 3.63) is 71.3 Å². The third-order valence-corrected chi connectivity index (χ3v) is 7.94. The lowest BCUT2D eigenvalue weighted by Crippen LogP contribution is -2.58. The summed E-state index contributed by atoms with van der Waals surface area (Å²) in [6.45, 7) is 10.5. The van der Waals surface area contributed by atoms with Crippen LogP contribution in [0.3, 0.4) is 0 Å². The number of carbonyl (C=O) groups is 2. The van der Waals surface area contributed by atoms with E-state index in [1.165, 1.54) is 5.56 Å². The van der Waals surface area contributed by atoms with E-state index in [2.05, 4.69) is 17.4 Å². The van der Waals surface area contributed by atoms with Crippen LogP contribution in [0.5, 0.6) is 0 Å². The third kappa shape index (κ3) is 10.8. The van der Waals surface area contributed by atoms with Crippen molar-refractivity contribution in [3.8, 4) is 0 Å². The number of carbonyl (C=O) groups excluding carboxylic acids is 2. The van der Waals surface area contributed by atoms with E-state index in [1.54, 1.807) is 41.5 Å². The molecule has 0 radical (unpaired) electrons. The molecule has 220 valence electrons. The summed E-state index contributed by atoms with van der Waals surface area (Å²) in [6, 6.07) is 17.8. The van der Waals surface area contributed by atoms with Crippen LogP contribution in [0, 0.1) is 0 Å². The molecular weight excluding hydrogens is 529 g/mol. The number of benzene rings is 2. The summed E-state index contributed by atoms with van der Waals surface area (Å²) >= 11 is 0. The largest absolute Gasteiger partial charge is 0.475 e. The Morgan fingerprint density at radius 1 is 0.850 bits per heavy atom. The first kappa shape index (κ1) is 32.0. The number of nitrogens with one attached hydrogen (secondary N) is 1. The topological polar surface area (TPSA) is 100 Å². The predicted molar refractivity (Wildman–Crippen MR) is 156 cm³/mol. The van der Waals surface area contributed by atoms with E-state index in [-0.39, 0.29) is 19.0 Å². The van der Waals surface area contributed by atoms with Crippen LogP contribution in [0.25, 0.3) is 0 Å². The number of alkyl carbamates (subject to hydrolysis) is 1. The van der Waals surface area contributed by atoms with Crippen molar-refractivity contribution < 1.29 is 32.5 Å². The van der Waals surface area contributed by atoms with Crippen LogP contribution in [-0.4, -0.2) is 41.8 Å². The first-order valence-corrected chi connectivity index (χ1v) is 15.4. The Kier molecular flexibility index (Phi) is 10.8. The van der Waals surface area contributed by atoms with Crippen LogP contribution >= 0.6 is 7.82 Å². The van der Waals surface area contributed by atoms with Gasteiger partial charge in [0.15, 0.2) is 5.78 Å². The molecule has 1 saturated heterocycles. The number of amides is 1. The van der Waals surface area contributed by atoms with Crippen LogP contribution in [0.2, 0.25) is 0 Å². The second-order valence-corrected chi connectivity index (χ2v) is 14.0. The summed E-state index contributed by atoms with van der Waals surface area (Å²) in [7, 11) is -3.77. The van der Waals surface area contributed by atoms with Crippen molar-refractivity contribution in [3.63, 3.8) is 0 Å². The molecule has 1 aliphatic heterocycles. The van der Waals surface area contributed by atoms with Crippen molar-refractivity contribution in [2.75, 3.05) is 13.2 Å². The lowest BCUT2D eigenvalue weighted by Gasteiger charge is -2.41. The summed E-state index contributed by atoms with van der Waals surface area (Å²) in [5.41, 5.74) is 0.591. The van der Waals surface area contributed by atoms with Gasteiger partial charge in [0.05, 0.1) is 24.4 Å². The Labute approximate surface area is 238 Å². The van der Waals surface area contributed by atoms with E-state index in [0.29, 0.717) is 24.8 Å². The average Bonchev–Trinajstić information content (AvgIpc) is 2.86. The first-order valence-electron chi connectivity index (χ1n) is 13.9. The van der Waals surface area contributed by atoms with E-state index in [4.69, 9.17) is 18.3 Å². The molecule has 0 aliphatic carbocycles. The smallest absolute Gasteiger partial charge is 0.444 e. The molecule has 1 aliphatic rings. The van der Waals surface area contributed by atoms with Crippen molar-refractivity contribution >= 4 is 19.7 Å². The Morgan fingerprint density at radius 3 is 2.02 bits per heavy atom. The number of ketones is 1. The second kappa shape index (κ2) is 13.4. The molecule has 0 saturated carbocycles. The molecule has 2 aromatic rings. The normalized spacial score (nSPS) is 21.6. The molecule has 8 nitrogen and oxygen atoms in total. The number of hydrogen-bond acceptors (Lipinski definition) is 7. The predicted octanol–water partition coefficient (Wildman–Crippen LogP) is 7.45. The zero-order valence-electron chi connectivity index (χ0n) is 24.7. The molecule has 40 heavy (non-hydrogen) atoms. The second-order valence-electron chi connectivity index (χ2n) is 12.4. The van der Waals surface area contributed by atoms with Crippen molar-refractivity contribution in [1.29, 1.82) is 0 Å². The quantitative estimate of drug-likeness (QED) is 0.169. The van der Waals surface area contributed by atoms with Crippen molar-refractivity contribution in [1.82, 2.24) is 5.32 Å². The maximum absolute atomic E-state index is 13.0. The number of phosphoric ester groups is 1. The van der Waals surface area contributed by atoms with Gasteiger partial charge in [0.1, 0.15) is 5.60 Å². The van der Waals surface area contributed by atoms with Crippen molar-refractivity contribution in [2.45, 2.75) is 96.8 Å². The number of hydrogen-bond donors (Lipinski definition) is 1. The van der Waals surface area contributed by atoms with Crippen molar-refractivity contribution in [2.24, 2.45) is 0 Å². The molecule has 0 bridgehead atoms. The van der Waals surface area contributed by atoms with Gasteiger partial charge in [-0.15, -0.1) is 0 Å². The minimum Gasteiger partial charge on any atom is -0.444 e. The van der Waals surface area contributed by atoms with Gasteiger partial charge in [-0.05, 0) is 84.8 Å². The van der Waals surface area contributed by atoms with Gasteiger partial charge >= 0.3 is 13.9 Å². The summed E-state index contributed by atoms with van der Waals surface area (Å²) in [5.74, 6) is 0.131. The van der Waals surface area contributed by atoms with Gasteiger partial charge in [-0.2, -0.15) is 0 Å². The third-order valence-electron chi connectivity index (χ3n) is 6.28. The molecule has 1 N–H and O–H groups in total. The molecule has 0 unspecified atom stereocenters. The maximum Gasteiger partial charge on any atom is 0.475 e. The van der Waals surface area contributed by atoms with Gasteiger partial charge in [-0.1, -0.05) is 54.6 Å². The Balaban J connectivity index is 1.57. The van der Waals surface area contributed by atoms with Crippen LogP contribution < -0.4 is 5.32 Å². The minimum atomic E-state index is -3.77. The Morgan fingerprint density at radius 2 is 1.45 bits per heavy atom. The zero-order chi connectivity index (χ0) is 29.4. The molecule has 0 aromatic heterocycles. The molecule has 0 spiro atoms. The molecule has 1 heterocycles. The van der Waals surface area contributed by atoms with Crippen LogP contribution in [0.4, 0.5) is 4.79 Å². The van der Waals surface area contributed by atoms with Gasteiger partial charge in [-0.3, -0.25) is 18.4 Å². The fourth-order valence-electron chi connectivity index (χ4n) is 4.32. The summed E-state index contributed by atoms with van der Waals surface area (Å²) in [5, 5.41) is 2.89. The Bertz CT molecular complexity index is 1150. The molecule has 9 heteroatoms. The van der Waals surface area contributed by atoms with E-state index < -0.39 is 30.7 Å². The molecule has 2 aromatic carbocycles. The monoisotopic (exact) mass is 573 g/mol. The van der Waals surface area contributed by atoms with Crippen LogP contribution in [-0.2, 0) is 35.7 Å². The minimum absolute atomic E-state index is 0.0564. The fraction of sp³-hybridized carbons (Fsp3) is 0.548. The van der Waals surface area contributed by atoms with E-state index in [9.17, 15) is 14.2 Å². The van der Waals surface area contributed by atoms with Gasteiger partial charge < -0.3 is 10.1 Å². The number of Topliss-reactive ketones (excluding diaryl/α,β-unsaturated/α-hetero) is 1. The van der Waals surface area contributed by atoms with Gasteiger partial charge in [-0.25, -0.2) is 9.36 Å².